The molecule has 198 valence electrons. The summed E-state index contributed by atoms with van der Waals surface area (Å²) in [4.78, 5) is 24.6. The second-order valence-corrected chi connectivity index (χ2v) is 12.7. The van der Waals surface area contributed by atoms with E-state index < -0.39 is 10.0 Å². The van der Waals surface area contributed by atoms with E-state index in [2.05, 4.69) is 11.1 Å². The normalized spacial score (nSPS) is 18.5. The minimum Gasteiger partial charge on any atom is -0.373 e. The summed E-state index contributed by atoms with van der Waals surface area (Å²) in [7, 11) is -3.71. The number of benzene rings is 2. The molecule has 2 aromatic heterocycles. The van der Waals surface area contributed by atoms with Gasteiger partial charge in [0.05, 0.1) is 33.9 Å². The lowest BCUT2D eigenvalue weighted by molar-refractivity contribution is -0.0440. The van der Waals surface area contributed by atoms with Crippen molar-refractivity contribution in [1.29, 1.82) is 0 Å². The van der Waals surface area contributed by atoms with Gasteiger partial charge in [-0.15, -0.1) is 0 Å². The molecule has 0 saturated carbocycles. The molecule has 3 heterocycles. The Bertz CT molecular complexity index is 1560. The number of carbonyl (C=O) groups is 1. The first-order valence-corrected chi connectivity index (χ1v) is 14.7. The molecule has 8 nitrogen and oxygen atoms in total. The quantitative estimate of drug-likeness (QED) is 0.337. The number of hydrogen-bond donors (Lipinski definition) is 0. The third-order valence-electron chi connectivity index (χ3n) is 6.74. The van der Waals surface area contributed by atoms with E-state index in [1.165, 1.54) is 27.8 Å². The molecule has 2 atom stereocenters. The maximum absolute atomic E-state index is 13.8. The zero-order valence-corrected chi connectivity index (χ0v) is 23.4. The molecular formula is C28H30N4O4S2. The van der Waals surface area contributed by atoms with Crippen molar-refractivity contribution < 1.29 is 17.9 Å². The number of aryl methyl sites for hydroxylation is 2. The van der Waals surface area contributed by atoms with Crippen LogP contribution in [0.5, 0.6) is 0 Å². The largest absolute Gasteiger partial charge is 0.373 e. The van der Waals surface area contributed by atoms with Crippen LogP contribution < -0.4 is 4.90 Å². The van der Waals surface area contributed by atoms with E-state index in [9.17, 15) is 13.2 Å². The number of amides is 1. The molecule has 2 aromatic carbocycles. The predicted octanol–water partition coefficient (Wildman–Crippen LogP) is 4.95. The van der Waals surface area contributed by atoms with Crippen molar-refractivity contribution in [3.63, 3.8) is 0 Å². The van der Waals surface area contributed by atoms with Crippen molar-refractivity contribution in [3.8, 4) is 0 Å². The Morgan fingerprint density at radius 1 is 1.08 bits per heavy atom. The molecule has 10 heteroatoms. The number of ether oxygens (including phenoxy) is 1. The van der Waals surface area contributed by atoms with Crippen LogP contribution in [0.1, 0.15) is 40.9 Å². The van der Waals surface area contributed by atoms with Gasteiger partial charge in [-0.05, 0) is 80.8 Å². The zero-order chi connectivity index (χ0) is 27.0. The third kappa shape index (κ3) is 5.22. The monoisotopic (exact) mass is 550 g/mol. The lowest BCUT2D eigenvalue weighted by Crippen LogP contribution is -2.48. The fraction of sp³-hybridized carbons (Fsp3) is 0.321. The summed E-state index contributed by atoms with van der Waals surface area (Å²) in [5.41, 5.74) is 4.34. The second-order valence-electron chi connectivity index (χ2n) is 9.71. The molecule has 0 aliphatic carbocycles. The summed E-state index contributed by atoms with van der Waals surface area (Å²) in [6.07, 6.45) is 3.05. The Morgan fingerprint density at radius 2 is 1.79 bits per heavy atom. The van der Waals surface area contributed by atoms with Gasteiger partial charge in [-0.25, -0.2) is 13.4 Å². The molecule has 1 aliphatic rings. The van der Waals surface area contributed by atoms with Crippen LogP contribution in [0.4, 0.5) is 5.13 Å². The smallest absolute Gasteiger partial charge is 0.260 e. The first kappa shape index (κ1) is 26.4. The van der Waals surface area contributed by atoms with E-state index >= 15 is 0 Å². The highest BCUT2D eigenvalue weighted by molar-refractivity contribution is 7.89. The van der Waals surface area contributed by atoms with Crippen molar-refractivity contribution >= 4 is 42.6 Å². The van der Waals surface area contributed by atoms with Crippen LogP contribution in [0.2, 0.25) is 0 Å². The van der Waals surface area contributed by atoms with Gasteiger partial charge >= 0.3 is 0 Å². The Labute approximate surface area is 227 Å². The molecule has 4 aromatic rings. The average molecular weight is 551 g/mol. The van der Waals surface area contributed by atoms with Gasteiger partial charge in [-0.2, -0.15) is 4.31 Å². The first-order valence-electron chi connectivity index (χ1n) is 12.5. The SMILES string of the molecule is Cc1ccc2sc(N(Cc3cccnc3)C(=O)c3ccc(S(=O)(=O)N4CC(C)OC(C)C4)cc3)nc2c1C. The highest BCUT2D eigenvalue weighted by Crippen LogP contribution is 2.33. The lowest BCUT2D eigenvalue weighted by atomic mass is 10.1. The molecule has 2 unspecified atom stereocenters. The summed E-state index contributed by atoms with van der Waals surface area (Å²) >= 11 is 1.46. The van der Waals surface area contributed by atoms with Gasteiger partial charge in [0, 0.05) is 31.0 Å². The second kappa shape index (κ2) is 10.5. The van der Waals surface area contributed by atoms with Crippen LogP contribution in [0.15, 0.2) is 65.8 Å². The number of hydrogen-bond acceptors (Lipinski definition) is 7. The summed E-state index contributed by atoms with van der Waals surface area (Å²) in [5.74, 6) is -0.264. The van der Waals surface area contributed by atoms with Gasteiger partial charge in [0.25, 0.3) is 5.91 Å². The summed E-state index contributed by atoms with van der Waals surface area (Å²) in [6.45, 7) is 8.67. The fourth-order valence-corrected chi connectivity index (χ4v) is 7.24. The molecule has 0 bridgehead atoms. The number of fused-ring (bicyclic) bond motifs is 1. The van der Waals surface area contributed by atoms with E-state index in [4.69, 9.17) is 9.72 Å². The van der Waals surface area contributed by atoms with E-state index in [0.717, 1.165) is 26.9 Å². The minimum atomic E-state index is -3.71. The fourth-order valence-electron chi connectivity index (χ4n) is 4.63. The molecule has 0 spiro atoms. The van der Waals surface area contributed by atoms with Crippen molar-refractivity contribution in [2.24, 2.45) is 0 Å². The van der Waals surface area contributed by atoms with Crippen LogP contribution in [0.25, 0.3) is 10.2 Å². The highest BCUT2D eigenvalue weighted by Gasteiger charge is 2.32. The van der Waals surface area contributed by atoms with Crippen LogP contribution in [-0.4, -0.2) is 53.9 Å². The Morgan fingerprint density at radius 3 is 2.45 bits per heavy atom. The van der Waals surface area contributed by atoms with Crippen LogP contribution in [0.3, 0.4) is 0 Å². The van der Waals surface area contributed by atoms with Gasteiger partial charge in [-0.3, -0.25) is 14.7 Å². The van der Waals surface area contributed by atoms with Crippen molar-refractivity contribution in [3.05, 3.63) is 83.2 Å². The van der Waals surface area contributed by atoms with Crippen LogP contribution in [0, 0.1) is 13.8 Å². The number of nitrogens with zero attached hydrogens (tertiary/aromatic N) is 4. The van der Waals surface area contributed by atoms with Gasteiger partial charge in [0.15, 0.2) is 5.13 Å². The first-order chi connectivity index (χ1) is 18.1. The number of thiazole rings is 1. The van der Waals surface area contributed by atoms with Crippen molar-refractivity contribution in [2.45, 2.75) is 51.3 Å². The van der Waals surface area contributed by atoms with E-state index in [-0.39, 0.29) is 29.6 Å². The van der Waals surface area contributed by atoms with E-state index in [0.29, 0.717) is 23.8 Å². The number of anilines is 1. The number of rotatable bonds is 6. The van der Waals surface area contributed by atoms with Gasteiger partial charge in [-0.1, -0.05) is 23.5 Å². The van der Waals surface area contributed by atoms with Gasteiger partial charge < -0.3 is 4.74 Å². The molecule has 1 saturated heterocycles. The highest BCUT2D eigenvalue weighted by atomic mass is 32.2. The van der Waals surface area contributed by atoms with Crippen LogP contribution >= 0.6 is 11.3 Å². The van der Waals surface area contributed by atoms with Crippen molar-refractivity contribution in [2.75, 3.05) is 18.0 Å². The summed E-state index contributed by atoms with van der Waals surface area (Å²) < 4.78 is 34.7. The molecule has 0 radical (unpaired) electrons. The Hall–Kier alpha value is -3.18. The lowest BCUT2D eigenvalue weighted by Gasteiger charge is -2.34. The van der Waals surface area contributed by atoms with E-state index in [1.54, 1.807) is 29.4 Å². The molecule has 5 rings (SSSR count). The van der Waals surface area contributed by atoms with Crippen molar-refractivity contribution in [1.82, 2.24) is 14.3 Å². The minimum absolute atomic E-state index is 0.153. The zero-order valence-electron chi connectivity index (χ0n) is 21.8. The number of sulfonamides is 1. The molecular weight excluding hydrogens is 520 g/mol. The molecule has 0 N–H and O–H groups in total. The van der Waals surface area contributed by atoms with E-state index in [1.807, 2.05) is 45.9 Å². The van der Waals surface area contributed by atoms with Crippen LogP contribution in [-0.2, 0) is 21.3 Å². The standard InChI is InChI=1S/C28H30N4O4S2/c1-18-7-12-25-26(21(18)4)30-28(37-25)32(17-22-6-5-13-29-14-22)27(33)23-8-10-24(11-9-23)38(34,35)31-15-19(2)36-20(3)16-31/h5-14,19-20H,15-17H2,1-4H3. The topological polar surface area (TPSA) is 92.7 Å². The predicted molar refractivity (Wildman–Crippen MR) is 149 cm³/mol. The number of aromatic nitrogens is 2. The number of pyridine rings is 1. The Balaban J connectivity index is 1.47. The molecule has 38 heavy (non-hydrogen) atoms. The summed E-state index contributed by atoms with van der Waals surface area (Å²) in [5, 5.41) is 0.579. The number of carbonyl (C=O) groups excluding carboxylic acids is 1. The Kier molecular flexibility index (Phi) is 7.32. The molecule has 1 amide bonds. The number of morpholine rings is 1. The maximum Gasteiger partial charge on any atom is 0.260 e. The average Bonchev–Trinajstić information content (AvgIpc) is 3.34. The summed E-state index contributed by atoms with van der Waals surface area (Å²) in [6, 6.07) is 14.0. The molecule has 1 aliphatic heterocycles. The van der Waals surface area contributed by atoms with Gasteiger partial charge in [0.1, 0.15) is 0 Å². The third-order valence-corrected chi connectivity index (χ3v) is 9.63. The molecule has 1 fully saturated rings. The maximum atomic E-state index is 13.8. The van der Waals surface area contributed by atoms with Gasteiger partial charge in [0.2, 0.25) is 10.0 Å².